The first-order chi connectivity index (χ1) is 21.0. The van der Waals surface area contributed by atoms with E-state index in [1.54, 1.807) is 60.7 Å². The van der Waals surface area contributed by atoms with Crippen molar-refractivity contribution in [2.75, 3.05) is 16.4 Å². The average Bonchev–Trinajstić information content (AvgIpc) is 3.00. The van der Waals surface area contributed by atoms with E-state index in [0.717, 1.165) is 23.9 Å². The van der Waals surface area contributed by atoms with Gasteiger partial charge in [0.25, 0.3) is 17.5 Å². The Kier molecular flexibility index (Phi) is 10.1. The van der Waals surface area contributed by atoms with Crippen LogP contribution in [-0.2, 0) is 15.8 Å². The van der Waals surface area contributed by atoms with Crippen LogP contribution >= 0.6 is 11.8 Å². The minimum Gasteiger partial charge on any atom is -0.325 e. The maximum atomic E-state index is 13.2. The Balaban J connectivity index is 1.43. The van der Waals surface area contributed by atoms with Crippen LogP contribution in [0.2, 0.25) is 0 Å². The minimum atomic E-state index is -4.53. The molecule has 0 bridgehead atoms. The van der Waals surface area contributed by atoms with Crippen LogP contribution in [0.3, 0.4) is 0 Å². The van der Waals surface area contributed by atoms with Gasteiger partial charge in [0, 0.05) is 27.9 Å². The molecule has 0 saturated carbocycles. The normalized spacial score (nSPS) is 11.4. The van der Waals surface area contributed by atoms with Crippen molar-refractivity contribution < 1.29 is 32.5 Å². The van der Waals surface area contributed by atoms with Crippen LogP contribution in [0.5, 0.6) is 0 Å². The number of carbonyl (C=O) groups excluding carboxylic acids is 3. The van der Waals surface area contributed by atoms with Crippen molar-refractivity contribution >= 4 is 52.6 Å². The fourth-order valence-corrected chi connectivity index (χ4v) is 4.52. The number of halogens is 3. The summed E-state index contributed by atoms with van der Waals surface area (Å²) in [6.07, 6.45) is -3.32. The summed E-state index contributed by atoms with van der Waals surface area (Å²) >= 11 is 1.12. The zero-order chi connectivity index (χ0) is 31.7. The number of para-hydroxylation sites is 1. The smallest absolute Gasteiger partial charge is 0.325 e. The number of nitrogens with one attached hydrogen (secondary N) is 3. The Hall–Kier alpha value is -5.43. The molecule has 4 aromatic rings. The molecule has 4 rings (SSSR count). The molecule has 0 aliphatic heterocycles. The molecule has 0 fully saturated rings. The summed E-state index contributed by atoms with van der Waals surface area (Å²) in [7, 11) is 0. The van der Waals surface area contributed by atoms with Gasteiger partial charge < -0.3 is 16.0 Å². The number of benzene rings is 4. The lowest BCUT2D eigenvalue weighted by atomic mass is 10.1. The van der Waals surface area contributed by atoms with Crippen LogP contribution in [0.25, 0.3) is 6.08 Å². The highest BCUT2D eigenvalue weighted by Crippen LogP contribution is 2.31. The molecule has 0 atom stereocenters. The lowest BCUT2D eigenvalue weighted by Crippen LogP contribution is -2.30. The monoisotopic (exact) mass is 620 g/mol. The van der Waals surface area contributed by atoms with Gasteiger partial charge in [-0.2, -0.15) is 13.2 Å². The molecule has 3 N–H and O–H groups in total. The topological polar surface area (TPSA) is 130 Å². The van der Waals surface area contributed by atoms with Gasteiger partial charge in [-0.1, -0.05) is 36.4 Å². The summed E-state index contributed by atoms with van der Waals surface area (Å²) in [5, 5.41) is 19.1. The van der Waals surface area contributed by atoms with Gasteiger partial charge in [-0.05, 0) is 66.7 Å². The third-order valence-corrected chi connectivity index (χ3v) is 6.93. The van der Waals surface area contributed by atoms with E-state index in [-0.39, 0.29) is 34.0 Å². The van der Waals surface area contributed by atoms with Gasteiger partial charge >= 0.3 is 6.18 Å². The second-order valence-electron chi connectivity index (χ2n) is 9.09. The predicted molar refractivity (Wildman–Crippen MR) is 161 cm³/mol. The van der Waals surface area contributed by atoms with Gasteiger partial charge in [-0.15, -0.1) is 11.8 Å². The van der Waals surface area contributed by atoms with Crippen molar-refractivity contribution in [2.24, 2.45) is 0 Å². The third kappa shape index (κ3) is 8.79. The molecule has 0 aromatic heterocycles. The summed E-state index contributed by atoms with van der Waals surface area (Å²) in [5.74, 6) is -1.93. The molecule has 0 heterocycles. The first-order valence-corrected chi connectivity index (χ1v) is 13.8. The fraction of sp³-hybridized carbons (Fsp3) is 0.0645. The number of nitro groups is 1. The van der Waals surface area contributed by atoms with Gasteiger partial charge in [-0.25, -0.2) is 0 Å². The van der Waals surface area contributed by atoms with E-state index in [1.807, 2.05) is 0 Å². The number of hydrogen-bond acceptors (Lipinski definition) is 6. The number of anilines is 2. The van der Waals surface area contributed by atoms with E-state index in [9.17, 15) is 37.7 Å². The van der Waals surface area contributed by atoms with Gasteiger partial charge in [0.15, 0.2) is 0 Å². The second kappa shape index (κ2) is 14.2. The van der Waals surface area contributed by atoms with Crippen LogP contribution in [-0.4, -0.2) is 28.4 Å². The molecule has 224 valence electrons. The lowest BCUT2D eigenvalue weighted by molar-refractivity contribution is -0.385. The average molecular weight is 621 g/mol. The Morgan fingerprint density at radius 1 is 0.818 bits per heavy atom. The summed E-state index contributed by atoms with van der Waals surface area (Å²) < 4.78 is 38.7. The van der Waals surface area contributed by atoms with E-state index in [1.165, 1.54) is 36.4 Å². The minimum absolute atomic E-state index is 0.0209. The van der Waals surface area contributed by atoms with Gasteiger partial charge in [0.2, 0.25) is 5.91 Å². The number of nitrogens with zero attached hydrogens (tertiary/aromatic N) is 1. The van der Waals surface area contributed by atoms with Crippen LogP contribution in [0.1, 0.15) is 21.5 Å². The summed E-state index contributed by atoms with van der Waals surface area (Å²) in [6.45, 7) is 0. The van der Waals surface area contributed by atoms with Crippen molar-refractivity contribution in [3.63, 3.8) is 0 Å². The number of amides is 3. The standard InChI is InChI=1S/C31H23F3N4O5S/c32-31(33,34)22-10-6-11-24(18-22)35-28(39)19-44-25-15-13-23(14-16-25)36-30(41)26(37-29(40)20-7-2-1-3-8-20)17-21-9-4-5-12-27(21)38(42)43/h1-18H,19H2,(H,35,39)(H,36,41)(H,37,40)/b26-17-. The highest BCUT2D eigenvalue weighted by atomic mass is 32.2. The summed E-state index contributed by atoms with van der Waals surface area (Å²) in [6, 6.07) is 24.5. The zero-order valence-electron chi connectivity index (χ0n) is 22.6. The summed E-state index contributed by atoms with van der Waals surface area (Å²) in [5.41, 5.74) is -0.649. The quantitative estimate of drug-likeness (QED) is 0.0778. The Labute approximate surface area is 253 Å². The van der Waals surface area contributed by atoms with Crippen molar-refractivity contribution in [3.8, 4) is 0 Å². The largest absolute Gasteiger partial charge is 0.416 e. The fourth-order valence-electron chi connectivity index (χ4n) is 3.83. The maximum absolute atomic E-state index is 13.2. The molecule has 9 nitrogen and oxygen atoms in total. The molecular weight excluding hydrogens is 597 g/mol. The molecule has 4 aromatic carbocycles. The number of carbonyl (C=O) groups is 3. The van der Waals surface area contributed by atoms with E-state index in [4.69, 9.17) is 0 Å². The van der Waals surface area contributed by atoms with Crippen LogP contribution in [0, 0.1) is 10.1 Å². The molecule has 0 spiro atoms. The SMILES string of the molecule is O=C(CSc1ccc(NC(=O)/C(=C/c2ccccc2[N+](=O)[O-])NC(=O)c2ccccc2)cc1)Nc1cccc(C(F)(F)F)c1. The second-order valence-corrected chi connectivity index (χ2v) is 10.1. The van der Waals surface area contributed by atoms with E-state index in [2.05, 4.69) is 16.0 Å². The lowest BCUT2D eigenvalue weighted by Gasteiger charge is -2.12. The molecule has 0 radical (unpaired) electrons. The predicted octanol–water partition coefficient (Wildman–Crippen LogP) is 6.75. The highest BCUT2D eigenvalue weighted by Gasteiger charge is 2.30. The molecule has 0 unspecified atom stereocenters. The molecule has 0 aliphatic rings. The van der Waals surface area contributed by atoms with Gasteiger partial charge in [0.05, 0.1) is 21.8 Å². The van der Waals surface area contributed by atoms with Crippen LogP contribution < -0.4 is 16.0 Å². The Morgan fingerprint density at radius 3 is 2.18 bits per heavy atom. The maximum Gasteiger partial charge on any atom is 0.416 e. The first-order valence-electron chi connectivity index (χ1n) is 12.8. The Bertz CT molecular complexity index is 1710. The molecular formula is C31H23F3N4O5S. The number of nitro benzene ring substituents is 1. The highest BCUT2D eigenvalue weighted by molar-refractivity contribution is 8.00. The van der Waals surface area contributed by atoms with Gasteiger partial charge in [-0.3, -0.25) is 24.5 Å². The molecule has 13 heteroatoms. The van der Waals surface area contributed by atoms with Crippen molar-refractivity contribution in [2.45, 2.75) is 11.1 Å². The zero-order valence-corrected chi connectivity index (χ0v) is 23.4. The third-order valence-electron chi connectivity index (χ3n) is 5.92. The van der Waals surface area contributed by atoms with E-state index >= 15 is 0 Å². The Morgan fingerprint density at radius 2 is 1.50 bits per heavy atom. The molecule has 0 aliphatic carbocycles. The van der Waals surface area contributed by atoms with Crippen molar-refractivity contribution in [1.29, 1.82) is 0 Å². The van der Waals surface area contributed by atoms with E-state index < -0.39 is 34.4 Å². The number of rotatable bonds is 10. The van der Waals surface area contributed by atoms with Crippen LogP contribution in [0.15, 0.2) is 114 Å². The molecule has 3 amide bonds. The molecule has 44 heavy (non-hydrogen) atoms. The van der Waals surface area contributed by atoms with Crippen molar-refractivity contribution in [3.05, 3.63) is 136 Å². The number of thioether (sulfide) groups is 1. The van der Waals surface area contributed by atoms with E-state index in [0.29, 0.717) is 10.6 Å². The van der Waals surface area contributed by atoms with Crippen LogP contribution in [0.4, 0.5) is 30.2 Å². The number of hydrogen-bond donors (Lipinski definition) is 3. The van der Waals surface area contributed by atoms with Gasteiger partial charge in [0.1, 0.15) is 5.70 Å². The summed E-state index contributed by atoms with van der Waals surface area (Å²) in [4.78, 5) is 49.9. The van der Waals surface area contributed by atoms with Crippen molar-refractivity contribution in [1.82, 2.24) is 5.32 Å². The number of alkyl halides is 3. The molecule has 0 saturated heterocycles. The first kappa shape index (κ1) is 31.5.